The smallest absolute Gasteiger partial charge is 0.284 e. The van der Waals surface area contributed by atoms with Crippen molar-refractivity contribution in [2.24, 2.45) is 0 Å². The highest BCUT2D eigenvalue weighted by Gasteiger charge is 2.20. The first kappa shape index (κ1) is 18.0. The number of carbonyl (C=O) groups is 1. The van der Waals surface area contributed by atoms with Gasteiger partial charge in [-0.3, -0.25) is 4.79 Å². The average Bonchev–Trinajstić information content (AvgIpc) is 3.14. The molecule has 0 saturated carbocycles. The molecule has 0 saturated heterocycles. The van der Waals surface area contributed by atoms with Crippen LogP contribution in [0.1, 0.15) is 34.5 Å². The number of nitrogens with zero attached hydrogens (tertiary/aromatic N) is 3. The van der Waals surface area contributed by atoms with Gasteiger partial charge in [0.15, 0.2) is 5.78 Å². The molecule has 134 valence electrons. The number of aryl methyl sites for hydroxylation is 2. The fourth-order valence-corrected chi connectivity index (χ4v) is 3.61. The molecule has 0 radical (unpaired) electrons. The number of benzene rings is 2. The average molecular weight is 369 g/mol. The lowest BCUT2D eigenvalue weighted by molar-refractivity contribution is 0.0975. The molecule has 7 heteroatoms. The van der Waals surface area contributed by atoms with E-state index in [9.17, 15) is 13.2 Å². The number of carbonyl (C=O) groups excluding carboxylic acids is 1. The first-order valence-electron chi connectivity index (χ1n) is 8.28. The predicted octanol–water partition coefficient (Wildman–Crippen LogP) is 3.03. The van der Waals surface area contributed by atoms with Gasteiger partial charge < -0.3 is 0 Å². The highest BCUT2D eigenvalue weighted by atomic mass is 32.2. The second kappa shape index (κ2) is 7.61. The lowest BCUT2D eigenvalue weighted by atomic mass is 10.1. The minimum absolute atomic E-state index is 0.0637. The zero-order chi connectivity index (χ0) is 18.6. The number of Topliss-reactive ketones (excluding diaryl/α,β-unsaturated/α-hetero) is 1. The van der Waals surface area contributed by atoms with Gasteiger partial charge in [0.1, 0.15) is 5.69 Å². The minimum Gasteiger partial charge on any atom is -0.292 e. The number of hydrogen-bond acceptors (Lipinski definition) is 5. The molecule has 26 heavy (non-hydrogen) atoms. The summed E-state index contributed by atoms with van der Waals surface area (Å²) >= 11 is 0. The molecule has 0 N–H and O–H groups in total. The Bertz CT molecular complexity index is 994. The van der Waals surface area contributed by atoms with E-state index < -0.39 is 10.0 Å². The van der Waals surface area contributed by atoms with Crippen molar-refractivity contribution >= 4 is 15.8 Å². The molecule has 1 aromatic heterocycles. The molecule has 0 bridgehead atoms. The highest BCUT2D eigenvalue weighted by molar-refractivity contribution is 7.89. The molecule has 0 aliphatic rings. The Labute approximate surface area is 152 Å². The largest absolute Gasteiger partial charge is 0.292 e. The Morgan fingerprint density at radius 3 is 2.42 bits per heavy atom. The zero-order valence-electron chi connectivity index (χ0n) is 14.4. The fraction of sp³-hybridized carbons (Fsp3) is 0.211. The van der Waals surface area contributed by atoms with E-state index in [1.165, 1.54) is 18.3 Å². The maximum atomic E-state index is 12.5. The molecule has 2 aromatic carbocycles. The van der Waals surface area contributed by atoms with Crippen molar-refractivity contribution < 1.29 is 13.2 Å². The van der Waals surface area contributed by atoms with Crippen LogP contribution in [-0.4, -0.2) is 28.6 Å². The van der Waals surface area contributed by atoms with Crippen LogP contribution < -0.4 is 0 Å². The summed E-state index contributed by atoms with van der Waals surface area (Å²) in [6.45, 7) is 1.87. The Morgan fingerprint density at radius 2 is 1.73 bits per heavy atom. The third-order valence-corrected chi connectivity index (χ3v) is 5.58. The molecule has 3 aromatic rings. The molecule has 6 nitrogen and oxygen atoms in total. The molecule has 0 aliphatic heterocycles. The Hall–Kier alpha value is -2.80. The third-order valence-electron chi connectivity index (χ3n) is 4.04. The van der Waals surface area contributed by atoms with Crippen LogP contribution in [0.5, 0.6) is 0 Å². The molecule has 0 unspecified atom stereocenters. The topological polar surface area (TPSA) is 81.9 Å². The van der Waals surface area contributed by atoms with Gasteiger partial charge in [-0.2, -0.15) is 8.42 Å². The third kappa shape index (κ3) is 4.05. The normalized spacial score (nSPS) is 11.4. The van der Waals surface area contributed by atoms with E-state index in [2.05, 4.69) is 10.3 Å². The van der Waals surface area contributed by atoms with Crippen molar-refractivity contribution in [3.8, 4) is 0 Å². The Morgan fingerprint density at radius 1 is 1.04 bits per heavy atom. The van der Waals surface area contributed by atoms with E-state index in [-0.39, 0.29) is 22.8 Å². The van der Waals surface area contributed by atoms with Gasteiger partial charge in [0.2, 0.25) is 0 Å². The predicted molar refractivity (Wildman–Crippen MR) is 97.5 cm³/mol. The number of rotatable bonds is 7. The molecule has 0 atom stereocenters. The molecule has 0 fully saturated rings. The first-order valence-corrected chi connectivity index (χ1v) is 9.72. The van der Waals surface area contributed by atoms with Crippen LogP contribution in [0.25, 0.3) is 0 Å². The van der Waals surface area contributed by atoms with E-state index in [0.29, 0.717) is 6.42 Å². The van der Waals surface area contributed by atoms with Crippen LogP contribution in [0.4, 0.5) is 0 Å². The molecule has 0 spiro atoms. The van der Waals surface area contributed by atoms with Crippen molar-refractivity contribution in [1.82, 2.24) is 14.4 Å². The summed E-state index contributed by atoms with van der Waals surface area (Å²) in [5, 5.41) is 7.37. The standard InChI is InChI=1S/C19H19N3O3S/c1-15-10-12-17(13-11-15)26(24,25)22-14-18(20-21-22)19(23)9-5-8-16-6-3-2-4-7-16/h2-4,6-7,10-14H,5,8-9H2,1H3. The summed E-state index contributed by atoms with van der Waals surface area (Å²) in [5.74, 6) is -0.216. The van der Waals surface area contributed by atoms with Crippen molar-refractivity contribution in [2.45, 2.75) is 31.1 Å². The second-order valence-corrected chi connectivity index (χ2v) is 7.85. The quantitative estimate of drug-likeness (QED) is 0.598. The number of ketones is 1. The summed E-state index contributed by atoms with van der Waals surface area (Å²) in [6, 6.07) is 16.3. The molecule has 3 rings (SSSR count). The van der Waals surface area contributed by atoms with Gasteiger partial charge in [0.05, 0.1) is 11.1 Å². The van der Waals surface area contributed by atoms with Gasteiger partial charge >= 0.3 is 0 Å². The monoisotopic (exact) mass is 369 g/mol. The molecule has 1 heterocycles. The maximum Gasteiger partial charge on any atom is 0.284 e. The number of aromatic nitrogens is 3. The van der Waals surface area contributed by atoms with Gasteiger partial charge in [-0.1, -0.05) is 53.2 Å². The van der Waals surface area contributed by atoms with Gasteiger partial charge in [0, 0.05) is 6.42 Å². The van der Waals surface area contributed by atoms with E-state index in [1.807, 2.05) is 37.3 Å². The van der Waals surface area contributed by atoms with E-state index >= 15 is 0 Å². The van der Waals surface area contributed by atoms with Crippen LogP contribution in [0.3, 0.4) is 0 Å². The van der Waals surface area contributed by atoms with Crippen LogP contribution in [0, 0.1) is 6.92 Å². The first-order chi connectivity index (χ1) is 12.5. The van der Waals surface area contributed by atoms with Crippen LogP contribution in [0.2, 0.25) is 0 Å². The summed E-state index contributed by atoms with van der Waals surface area (Å²) < 4.78 is 25.8. The van der Waals surface area contributed by atoms with Crippen molar-refractivity contribution in [1.29, 1.82) is 0 Å². The van der Waals surface area contributed by atoms with E-state index in [4.69, 9.17) is 0 Å². The van der Waals surface area contributed by atoms with Gasteiger partial charge in [-0.05, 0) is 37.5 Å². The fourth-order valence-electron chi connectivity index (χ4n) is 2.54. The Kier molecular flexibility index (Phi) is 5.27. The molecule has 0 aliphatic carbocycles. The van der Waals surface area contributed by atoms with Crippen molar-refractivity contribution in [3.05, 3.63) is 77.6 Å². The van der Waals surface area contributed by atoms with Gasteiger partial charge in [0.25, 0.3) is 10.0 Å². The summed E-state index contributed by atoms with van der Waals surface area (Å²) in [7, 11) is -3.84. The van der Waals surface area contributed by atoms with Crippen molar-refractivity contribution in [2.75, 3.05) is 0 Å². The lowest BCUT2D eigenvalue weighted by Crippen LogP contribution is -2.13. The lowest BCUT2D eigenvalue weighted by Gasteiger charge is -2.03. The Balaban J connectivity index is 1.67. The summed E-state index contributed by atoms with van der Waals surface area (Å²) in [5.41, 5.74) is 2.18. The van der Waals surface area contributed by atoms with Crippen LogP contribution in [0.15, 0.2) is 65.7 Å². The molecular weight excluding hydrogens is 350 g/mol. The number of hydrogen-bond donors (Lipinski definition) is 0. The van der Waals surface area contributed by atoms with Crippen LogP contribution in [-0.2, 0) is 16.4 Å². The van der Waals surface area contributed by atoms with Crippen molar-refractivity contribution in [3.63, 3.8) is 0 Å². The van der Waals surface area contributed by atoms with Gasteiger partial charge in [-0.25, -0.2) is 0 Å². The highest BCUT2D eigenvalue weighted by Crippen LogP contribution is 2.14. The summed E-state index contributed by atoms with van der Waals surface area (Å²) in [6.07, 6.45) is 2.92. The molecule has 0 amide bonds. The van der Waals surface area contributed by atoms with Crippen LogP contribution >= 0.6 is 0 Å². The molecular formula is C19H19N3O3S. The van der Waals surface area contributed by atoms with Gasteiger partial charge in [-0.15, -0.1) is 9.19 Å². The second-order valence-electron chi connectivity index (χ2n) is 6.06. The SMILES string of the molecule is Cc1ccc(S(=O)(=O)n2cc(C(=O)CCCc3ccccc3)nn2)cc1. The minimum atomic E-state index is -3.84. The van der Waals surface area contributed by atoms with E-state index in [1.54, 1.807) is 12.1 Å². The maximum absolute atomic E-state index is 12.5. The summed E-state index contributed by atoms with van der Waals surface area (Å²) in [4.78, 5) is 12.4. The zero-order valence-corrected chi connectivity index (χ0v) is 15.2. The van der Waals surface area contributed by atoms with E-state index in [0.717, 1.165) is 21.6 Å².